The Morgan fingerprint density at radius 3 is 1.43 bits per heavy atom. The van der Waals surface area contributed by atoms with Gasteiger partial charge in [0, 0.05) is 11.8 Å². The fraction of sp³-hybridized carbons (Fsp3) is 0.222. The van der Waals surface area contributed by atoms with Crippen molar-refractivity contribution in [2.75, 3.05) is 14.2 Å². The Morgan fingerprint density at radius 2 is 1.14 bits per heavy atom. The maximum Gasteiger partial charge on any atom is 0.384 e. The monoisotopic (exact) mass is 194 g/mol. The maximum atomic E-state index is 10.7. The summed E-state index contributed by atoms with van der Waals surface area (Å²) in [6, 6.07) is 0. The molecule has 0 aromatic rings. The molecule has 5 heteroatoms. The van der Waals surface area contributed by atoms with Gasteiger partial charge in [-0.05, 0) is 11.8 Å². The van der Waals surface area contributed by atoms with Gasteiger partial charge in [-0.2, -0.15) is 0 Å². The van der Waals surface area contributed by atoms with Crippen LogP contribution >= 0.6 is 0 Å². The van der Waals surface area contributed by atoms with Crippen LogP contribution in [-0.4, -0.2) is 31.9 Å². The smallest absolute Gasteiger partial charge is 0.384 e. The zero-order valence-corrected chi connectivity index (χ0v) is 7.54. The Bertz CT molecular complexity index is 335. The van der Waals surface area contributed by atoms with Crippen molar-refractivity contribution in [3.05, 3.63) is 0 Å². The Labute approximate surface area is 80.4 Å². The molecule has 5 nitrogen and oxygen atoms in total. The van der Waals surface area contributed by atoms with Gasteiger partial charge >= 0.3 is 11.9 Å². The molecule has 0 saturated heterocycles. The minimum Gasteiger partial charge on any atom is -0.459 e. The average molecular weight is 194 g/mol. The number of carbonyl (C=O) groups excluding carboxylic acids is 3. The highest BCUT2D eigenvalue weighted by Gasteiger charge is 1.94. The fourth-order valence-corrected chi connectivity index (χ4v) is 0.349. The van der Waals surface area contributed by atoms with Crippen LogP contribution < -0.4 is 0 Å². The van der Waals surface area contributed by atoms with Gasteiger partial charge in [0.25, 0.3) is 5.78 Å². The largest absolute Gasteiger partial charge is 0.459 e. The molecule has 0 radical (unpaired) electrons. The predicted octanol–water partition coefficient (Wildman–Crippen LogP) is -1.09. The second-order valence-electron chi connectivity index (χ2n) is 1.81. The molecule has 0 aromatic heterocycles. The lowest BCUT2D eigenvalue weighted by Gasteiger charge is -1.83. The van der Waals surface area contributed by atoms with Crippen LogP contribution in [0.3, 0.4) is 0 Å². The molecule has 0 unspecified atom stereocenters. The normalized spacial score (nSPS) is 7.00. The van der Waals surface area contributed by atoms with E-state index in [2.05, 4.69) is 9.47 Å². The summed E-state index contributed by atoms with van der Waals surface area (Å²) >= 11 is 0. The summed E-state index contributed by atoms with van der Waals surface area (Å²) < 4.78 is 8.29. The number of carbonyl (C=O) groups is 3. The third-order valence-electron chi connectivity index (χ3n) is 0.927. The molecule has 0 aliphatic heterocycles. The summed E-state index contributed by atoms with van der Waals surface area (Å²) in [6.07, 6.45) is 0. The van der Waals surface area contributed by atoms with Crippen molar-refractivity contribution >= 4 is 17.7 Å². The topological polar surface area (TPSA) is 69.7 Å². The molecule has 0 aromatic carbocycles. The van der Waals surface area contributed by atoms with Gasteiger partial charge in [0.05, 0.1) is 14.2 Å². The number of rotatable bonds is 0. The molecule has 0 atom stereocenters. The molecule has 0 aliphatic carbocycles. The fourth-order valence-electron chi connectivity index (χ4n) is 0.349. The zero-order valence-electron chi connectivity index (χ0n) is 7.54. The first-order chi connectivity index (χ1) is 6.60. The lowest BCUT2D eigenvalue weighted by molar-refractivity contribution is -0.134. The Balaban J connectivity index is 4.33. The SMILES string of the molecule is COC(=O)C#CC(=O)C#CC(=O)OC. The van der Waals surface area contributed by atoms with E-state index in [0.717, 1.165) is 14.2 Å². The molecule has 0 heterocycles. The predicted molar refractivity (Wildman–Crippen MR) is 44.6 cm³/mol. The van der Waals surface area contributed by atoms with Gasteiger partial charge in [-0.25, -0.2) is 9.59 Å². The average Bonchev–Trinajstić information content (AvgIpc) is 2.22. The Morgan fingerprint density at radius 1 is 0.786 bits per heavy atom. The standard InChI is InChI=1S/C9H6O5/c1-13-8(11)5-3-7(10)4-6-9(12)14-2/h1-2H3. The van der Waals surface area contributed by atoms with Crippen molar-refractivity contribution in [3.63, 3.8) is 0 Å². The molecule has 0 fully saturated rings. The van der Waals surface area contributed by atoms with Crippen LogP contribution in [-0.2, 0) is 23.9 Å². The summed E-state index contributed by atoms with van der Waals surface area (Å²) in [5.41, 5.74) is 0. The van der Waals surface area contributed by atoms with Gasteiger partial charge in [-0.15, -0.1) is 0 Å². The van der Waals surface area contributed by atoms with Gasteiger partial charge in [0.15, 0.2) is 0 Å². The van der Waals surface area contributed by atoms with E-state index >= 15 is 0 Å². The van der Waals surface area contributed by atoms with Gasteiger partial charge in [-0.3, -0.25) is 4.79 Å². The molecular weight excluding hydrogens is 188 g/mol. The molecule has 0 bridgehead atoms. The Hall–Kier alpha value is -2.27. The number of esters is 2. The molecule has 0 rings (SSSR count). The van der Waals surface area contributed by atoms with Crippen LogP contribution in [0.4, 0.5) is 0 Å². The lowest BCUT2D eigenvalue weighted by Crippen LogP contribution is -1.99. The van der Waals surface area contributed by atoms with Crippen molar-refractivity contribution in [1.29, 1.82) is 0 Å². The second-order valence-corrected chi connectivity index (χ2v) is 1.81. The third-order valence-corrected chi connectivity index (χ3v) is 0.927. The van der Waals surface area contributed by atoms with E-state index < -0.39 is 17.7 Å². The van der Waals surface area contributed by atoms with Crippen LogP contribution in [0.1, 0.15) is 0 Å². The highest BCUT2D eigenvalue weighted by molar-refractivity contribution is 6.13. The molecule has 72 valence electrons. The number of hydrogen-bond acceptors (Lipinski definition) is 5. The van der Waals surface area contributed by atoms with E-state index in [1.807, 2.05) is 23.7 Å². The van der Waals surface area contributed by atoms with Crippen LogP contribution in [0.15, 0.2) is 0 Å². The first-order valence-corrected chi connectivity index (χ1v) is 3.34. The number of ketones is 1. The lowest BCUT2D eigenvalue weighted by atomic mass is 10.4. The van der Waals surface area contributed by atoms with Crippen molar-refractivity contribution in [1.82, 2.24) is 0 Å². The number of Topliss-reactive ketones (excluding diaryl/α,β-unsaturated/α-hetero) is 1. The van der Waals surface area contributed by atoms with E-state index in [-0.39, 0.29) is 0 Å². The number of ether oxygens (including phenoxy) is 2. The summed E-state index contributed by atoms with van der Waals surface area (Å²) in [6.45, 7) is 0. The maximum absolute atomic E-state index is 10.7. The van der Waals surface area contributed by atoms with Crippen LogP contribution in [0.5, 0.6) is 0 Å². The first-order valence-electron chi connectivity index (χ1n) is 3.34. The second kappa shape index (κ2) is 6.27. The molecule has 0 N–H and O–H groups in total. The van der Waals surface area contributed by atoms with Crippen molar-refractivity contribution in [2.45, 2.75) is 0 Å². The minimum atomic E-state index is -0.860. The van der Waals surface area contributed by atoms with Crippen LogP contribution in [0.2, 0.25) is 0 Å². The minimum absolute atomic E-state index is 0.849. The van der Waals surface area contributed by atoms with Gasteiger partial charge < -0.3 is 9.47 Å². The van der Waals surface area contributed by atoms with Crippen LogP contribution in [0.25, 0.3) is 0 Å². The molecule has 14 heavy (non-hydrogen) atoms. The quantitative estimate of drug-likeness (QED) is 0.212. The van der Waals surface area contributed by atoms with Gasteiger partial charge in [-0.1, -0.05) is 0 Å². The molecular formula is C9H6O5. The van der Waals surface area contributed by atoms with Crippen molar-refractivity contribution < 1.29 is 23.9 Å². The number of methoxy groups -OCH3 is 2. The van der Waals surface area contributed by atoms with E-state index in [1.165, 1.54) is 0 Å². The van der Waals surface area contributed by atoms with E-state index in [9.17, 15) is 14.4 Å². The van der Waals surface area contributed by atoms with Gasteiger partial charge in [0.2, 0.25) is 0 Å². The third kappa shape index (κ3) is 5.39. The summed E-state index contributed by atoms with van der Waals surface area (Å²) in [5.74, 6) is 4.89. The highest BCUT2D eigenvalue weighted by atomic mass is 16.5. The summed E-state index contributed by atoms with van der Waals surface area (Å²) in [5, 5.41) is 0. The van der Waals surface area contributed by atoms with Crippen molar-refractivity contribution in [3.8, 4) is 23.7 Å². The van der Waals surface area contributed by atoms with Crippen molar-refractivity contribution in [2.24, 2.45) is 0 Å². The van der Waals surface area contributed by atoms with Crippen LogP contribution in [0, 0.1) is 23.7 Å². The zero-order chi connectivity index (χ0) is 11.0. The molecule has 0 amide bonds. The first kappa shape index (κ1) is 11.7. The summed E-state index contributed by atoms with van der Waals surface area (Å²) in [7, 11) is 2.25. The number of hydrogen-bond donors (Lipinski definition) is 0. The molecule has 0 saturated carbocycles. The van der Waals surface area contributed by atoms with E-state index in [1.54, 1.807) is 0 Å². The molecule has 0 spiro atoms. The van der Waals surface area contributed by atoms with E-state index in [0.29, 0.717) is 0 Å². The van der Waals surface area contributed by atoms with E-state index in [4.69, 9.17) is 0 Å². The Kier molecular flexibility index (Phi) is 5.25. The highest BCUT2D eigenvalue weighted by Crippen LogP contribution is 1.72. The molecule has 0 aliphatic rings. The summed E-state index contributed by atoms with van der Waals surface area (Å²) in [4.78, 5) is 31.6. The van der Waals surface area contributed by atoms with Gasteiger partial charge in [0.1, 0.15) is 0 Å².